The zero-order valence-electron chi connectivity index (χ0n) is 6.11. The second kappa shape index (κ2) is 4.53. The van der Waals surface area contributed by atoms with Crippen molar-refractivity contribution in [3.05, 3.63) is 34.9 Å². The Balaban J connectivity index is 2.53. The predicted octanol–water partition coefficient (Wildman–Crippen LogP) is 2.51. The second-order valence-electron chi connectivity index (χ2n) is 2.14. The van der Waals surface area contributed by atoms with Crippen molar-refractivity contribution in [3.8, 4) is 0 Å². The maximum absolute atomic E-state index is 10.1. The zero-order chi connectivity index (χ0) is 8.97. The summed E-state index contributed by atoms with van der Waals surface area (Å²) >= 11 is 5.63. The summed E-state index contributed by atoms with van der Waals surface area (Å²) in [6.07, 6.45) is 0. The Kier molecular flexibility index (Phi) is 3.63. The monoisotopic (exact) mass is 205 g/mol. The number of halogens is 1. The Bertz CT molecular complexity index is 272. The van der Waals surface area contributed by atoms with Gasteiger partial charge in [-0.15, -0.1) is 9.42 Å². The standard InChI is InChI=1S/C7H6ClO3P/c8-7-3-1-6(2-4-7)5-11-12(9)10/h1-4H,5H2/p+1. The normalized spacial score (nSPS) is 11.3. The van der Waals surface area contributed by atoms with Gasteiger partial charge < -0.3 is 0 Å². The molecule has 3 nitrogen and oxygen atoms in total. The van der Waals surface area contributed by atoms with Gasteiger partial charge in [0.2, 0.25) is 0 Å². The summed E-state index contributed by atoms with van der Waals surface area (Å²) in [5.74, 6) is 0. The molecule has 1 aromatic rings. The van der Waals surface area contributed by atoms with Crippen LogP contribution in [0, 0.1) is 0 Å². The lowest BCUT2D eigenvalue weighted by molar-refractivity contribution is 0.272. The van der Waals surface area contributed by atoms with Crippen LogP contribution in [0.1, 0.15) is 5.56 Å². The molecule has 0 saturated carbocycles. The lowest BCUT2D eigenvalue weighted by Crippen LogP contribution is -1.84. The number of rotatable bonds is 3. The van der Waals surface area contributed by atoms with Crippen molar-refractivity contribution < 1.29 is 14.0 Å². The lowest BCUT2D eigenvalue weighted by atomic mass is 10.2. The van der Waals surface area contributed by atoms with E-state index in [2.05, 4.69) is 4.52 Å². The third-order valence-corrected chi connectivity index (χ3v) is 1.86. The van der Waals surface area contributed by atoms with E-state index in [1.54, 1.807) is 24.3 Å². The van der Waals surface area contributed by atoms with Crippen molar-refractivity contribution >= 4 is 19.9 Å². The highest BCUT2D eigenvalue weighted by atomic mass is 35.5. The minimum absolute atomic E-state index is 0.128. The first-order valence-corrected chi connectivity index (χ1v) is 4.73. The van der Waals surface area contributed by atoms with Gasteiger partial charge in [0, 0.05) is 9.59 Å². The summed E-state index contributed by atoms with van der Waals surface area (Å²) < 4.78 is 14.6. The Morgan fingerprint density at radius 3 is 2.50 bits per heavy atom. The highest BCUT2D eigenvalue weighted by molar-refractivity contribution is 7.32. The first-order valence-electron chi connectivity index (χ1n) is 3.22. The van der Waals surface area contributed by atoms with Crippen molar-refractivity contribution in [3.63, 3.8) is 0 Å². The van der Waals surface area contributed by atoms with Crippen LogP contribution in [0.15, 0.2) is 24.3 Å². The fraction of sp³-hybridized carbons (Fsp3) is 0.143. The Morgan fingerprint density at radius 1 is 1.42 bits per heavy atom. The summed E-state index contributed by atoms with van der Waals surface area (Å²) in [5.41, 5.74) is 0.816. The third-order valence-electron chi connectivity index (χ3n) is 1.25. The summed E-state index contributed by atoms with van der Waals surface area (Å²) in [6.45, 7) is 0.128. The molecule has 1 N–H and O–H groups in total. The molecular formula is C7H7ClO3P+. The summed E-state index contributed by atoms with van der Waals surface area (Å²) in [7, 11) is -2.51. The van der Waals surface area contributed by atoms with Crippen LogP contribution in [0.5, 0.6) is 0 Å². The van der Waals surface area contributed by atoms with E-state index < -0.39 is 8.25 Å². The van der Waals surface area contributed by atoms with Crippen LogP contribution in [-0.4, -0.2) is 4.89 Å². The molecule has 0 aromatic heterocycles. The summed E-state index contributed by atoms with van der Waals surface area (Å²) in [4.78, 5) is 8.33. The average molecular weight is 206 g/mol. The molecule has 1 unspecified atom stereocenters. The molecule has 64 valence electrons. The van der Waals surface area contributed by atoms with Crippen LogP contribution in [-0.2, 0) is 15.7 Å². The molecule has 0 aliphatic heterocycles. The molecule has 0 aliphatic carbocycles. The molecule has 5 heteroatoms. The largest absolute Gasteiger partial charge is 0.695 e. The van der Waals surface area contributed by atoms with E-state index in [-0.39, 0.29) is 6.61 Å². The smallest absolute Gasteiger partial charge is 0.133 e. The van der Waals surface area contributed by atoms with Gasteiger partial charge in [-0.2, -0.15) is 0 Å². The van der Waals surface area contributed by atoms with Crippen LogP contribution < -0.4 is 0 Å². The van der Waals surface area contributed by atoms with Gasteiger partial charge in [0.25, 0.3) is 0 Å². The van der Waals surface area contributed by atoms with E-state index in [1.807, 2.05) is 0 Å². The molecular weight excluding hydrogens is 199 g/mol. The second-order valence-corrected chi connectivity index (χ2v) is 3.31. The molecule has 0 fully saturated rings. The zero-order valence-corrected chi connectivity index (χ0v) is 7.76. The maximum atomic E-state index is 10.1. The average Bonchev–Trinajstić information content (AvgIpc) is 2.03. The van der Waals surface area contributed by atoms with Gasteiger partial charge in [-0.1, -0.05) is 23.7 Å². The molecule has 0 amide bonds. The molecule has 1 rings (SSSR count). The summed E-state index contributed by atoms with van der Waals surface area (Å²) in [6, 6.07) is 6.87. The van der Waals surface area contributed by atoms with Crippen molar-refractivity contribution in [2.45, 2.75) is 6.61 Å². The number of hydrogen-bond acceptors (Lipinski definition) is 2. The van der Waals surface area contributed by atoms with Gasteiger partial charge in [0.15, 0.2) is 0 Å². The molecule has 0 heterocycles. The first kappa shape index (κ1) is 9.62. The van der Waals surface area contributed by atoms with Crippen LogP contribution in [0.3, 0.4) is 0 Å². The molecule has 0 radical (unpaired) electrons. The first-order chi connectivity index (χ1) is 5.68. The van der Waals surface area contributed by atoms with Crippen LogP contribution >= 0.6 is 19.9 Å². The molecule has 1 aromatic carbocycles. The van der Waals surface area contributed by atoms with Crippen molar-refractivity contribution in [2.75, 3.05) is 0 Å². The quantitative estimate of drug-likeness (QED) is 0.772. The van der Waals surface area contributed by atoms with Crippen molar-refractivity contribution in [1.29, 1.82) is 0 Å². The minimum atomic E-state index is -2.51. The highest BCUT2D eigenvalue weighted by Crippen LogP contribution is 2.18. The topological polar surface area (TPSA) is 46.5 Å². The van der Waals surface area contributed by atoms with Crippen molar-refractivity contribution in [2.24, 2.45) is 0 Å². The molecule has 0 aliphatic rings. The van der Waals surface area contributed by atoms with E-state index in [9.17, 15) is 4.57 Å². The van der Waals surface area contributed by atoms with E-state index >= 15 is 0 Å². The van der Waals surface area contributed by atoms with Crippen LogP contribution in [0.25, 0.3) is 0 Å². The number of hydrogen-bond donors (Lipinski definition) is 1. The van der Waals surface area contributed by atoms with E-state index in [0.29, 0.717) is 5.02 Å². The molecule has 0 bridgehead atoms. The predicted molar refractivity (Wildman–Crippen MR) is 46.1 cm³/mol. The van der Waals surface area contributed by atoms with E-state index in [0.717, 1.165) is 5.56 Å². The van der Waals surface area contributed by atoms with Gasteiger partial charge in [0.05, 0.1) is 0 Å². The van der Waals surface area contributed by atoms with E-state index in [4.69, 9.17) is 16.5 Å². The highest BCUT2D eigenvalue weighted by Gasteiger charge is 2.11. The number of benzene rings is 1. The fourth-order valence-electron chi connectivity index (χ4n) is 0.710. The third kappa shape index (κ3) is 3.28. The van der Waals surface area contributed by atoms with Gasteiger partial charge in [-0.3, -0.25) is 0 Å². The van der Waals surface area contributed by atoms with E-state index in [1.165, 1.54) is 0 Å². The minimum Gasteiger partial charge on any atom is -0.133 e. The van der Waals surface area contributed by atoms with Crippen molar-refractivity contribution in [1.82, 2.24) is 0 Å². The van der Waals surface area contributed by atoms with Gasteiger partial charge in [0.1, 0.15) is 6.61 Å². The molecule has 0 spiro atoms. The molecule has 0 saturated heterocycles. The lowest BCUT2D eigenvalue weighted by Gasteiger charge is -1.93. The SMILES string of the molecule is O=[P+](O)OCc1ccc(Cl)cc1. The van der Waals surface area contributed by atoms with Crippen LogP contribution in [0.2, 0.25) is 5.02 Å². The Labute approximate surface area is 75.9 Å². The Morgan fingerprint density at radius 2 is 2.00 bits per heavy atom. The summed E-state index contributed by atoms with van der Waals surface area (Å²) in [5, 5.41) is 0.632. The van der Waals surface area contributed by atoms with Gasteiger partial charge >= 0.3 is 8.25 Å². The van der Waals surface area contributed by atoms with Gasteiger partial charge in [-0.25, -0.2) is 0 Å². The van der Waals surface area contributed by atoms with Gasteiger partial charge in [-0.05, 0) is 17.7 Å². The van der Waals surface area contributed by atoms with Crippen LogP contribution in [0.4, 0.5) is 0 Å². The maximum Gasteiger partial charge on any atom is 0.695 e. The fourth-order valence-corrected chi connectivity index (χ4v) is 1.10. The molecule has 1 atom stereocenters. The molecule has 12 heavy (non-hydrogen) atoms. The Hall–Kier alpha value is -0.470.